The molecule has 0 spiro atoms. The van der Waals surface area contributed by atoms with Gasteiger partial charge in [-0.2, -0.15) is 0 Å². The quantitative estimate of drug-likeness (QED) is 0.127. The smallest absolute Gasteiger partial charge is 0.0409 e. The molecule has 0 saturated carbocycles. The molecule has 2 aliphatic rings. The lowest BCUT2D eigenvalue weighted by Crippen LogP contribution is -2.25. The van der Waals surface area contributed by atoms with E-state index < -0.39 is 0 Å². The van der Waals surface area contributed by atoms with E-state index in [1.165, 1.54) is 86.6 Å². The lowest BCUT2D eigenvalue weighted by atomic mass is 9.81. The molecule has 0 radical (unpaired) electrons. The largest absolute Gasteiger partial charge is 0.0622 e. The zero-order chi connectivity index (χ0) is 25.8. The minimum atomic E-state index is 0.950. The summed E-state index contributed by atoms with van der Waals surface area (Å²) < 4.78 is 2.23. The van der Waals surface area contributed by atoms with Crippen molar-refractivity contribution in [1.82, 2.24) is 0 Å². The summed E-state index contributed by atoms with van der Waals surface area (Å²) in [5.41, 5.74) is 6.71. The molecule has 7 aromatic carbocycles. The monoisotopic (exact) mass is 622 g/mol. The highest BCUT2D eigenvalue weighted by molar-refractivity contribution is 9.13. The maximum absolute atomic E-state index is 4.06. The van der Waals surface area contributed by atoms with Crippen LogP contribution in [0.4, 0.5) is 0 Å². The van der Waals surface area contributed by atoms with Crippen molar-refractivity contribution in [3.63, 3.8) is 0 Å². The first-order valence-corrected chi connectivity index (χ1v) is 14.9. The Kier molecular flexibility index (Phi) is 4.49. The van der Waals surface area contributed by atoms with Crippen molar-refractivity contribution in [3.05, 3.63) is 133 Å². The van der Waals surface area contributed by atoms with Crippen molar-refractivity contribution < 1.29 is 0 Å². The van der Waals surface area contributed by atoms with Gasteiger partial charge in [-0.05, 0) is 120 Å². The Bertz CT molecular complexity index is 2420. The van der Waals surface area contributed by atoms with Crippen LogP contribution in [0.1, 0.15) is 5.56 Å². The Hall–Kier alpha value is -3.72. The van der Waals surface area contributed by atoms with Crippen LogP contribution in [-0.2, 0) is 6.42 Å². The molecule has 0 heterocycles. The molecule has 2 aliphatic carbocycles. The van der Waals surface area contributed by atoms with Crippen molar-refractivity contribution in [2.24, 2.45) is 0 Å². The van der Waals surface area contributed by atoms with E-state index in [1.54, 1.807) is 0 Å². The van der Waals surface area contributed by atoms with Crippen LogP contribution in [0.25, 0.3) is 71.4 Å². The third-order valence-electron chi connectivity index (χ3n) is 8.74. The lowest BCUT2D eigenvalue weighted by molar-refractivity contribution is 1.31. The molecular weight excluding hydrogens is 604 g/mol. The van der Waals surface area contributed by atoms with E-state index in [0.29, 0.717) is 0 Å². The highest BCUT2D eigenvalue weighted by Crippen LogP contribution is 2.48. The number of rotatable bonds is 1. The third kappa shape index (κ3) is 2.83. The molecule has 0 bridgehead atoms. The Morgan fingerprint density at radius 3 is 2.15 bits per heavy atom. The number of halogens is 2. The first-order valence-electron chi connectivity index (χ1n) is 13.3. The maximum atomic E-state index is 4.06. The van der Waals surface area contributed by atoms with E-state index >= 15 is 0 Å². The van der Waals surface area contributed by atoms with Crippen LogP contribution in [0.3, 0.4) is 0 Å². The minimum absolute atomic E-state index is 0.950. The van der Waals surface area contributed by atoms with Crippen LogP contribution >= 0.6 is 31.9 Å². The van der Waals surface area contributed by atoms with Crippen LogP contribution in [0.5, 0.6) is 0 Å². The van der Waals surface area contributed by atoms with Crippen LogP contribution in [0.2, 0.25) is 0 Å². The van der Waals surface area contributed by atoms with Crippen molar-refractivity contribution in [2.75, 3.05) is 0 Å². The van der Waals surface area contributed by atoms with Gasteiger partial charge in [-0.15, -0.1) is 0 Å². The molecule has 0 unspecified atom stereocenters. The summed E-state index contributed by atoms with van der Waals surface area (Å²) in [6.45, 7) is 0. The number of fused-ring (bicyclic) bond motifs is 6. The standard InChI is InChI=1S/C37H20Br2/c38-36-32(21-9-2-1-3-10-21)26-14-7-15-27-33(26)35(37(36)39)25-13-6-11-22-18-28-29(34(27)31(22)25)19-23-17-16-20-8-4-5-12-24(20)30(23)28/h1-17,19H,18H2. The molecule has 39 heavy (non-hydrogen) atoms. The molecule has 0 aliphatic heterocycles. The molecule has 0 fully saturated rings. The van der Waals surface area contributed by atoms with Crippen molar-refractivity contribution in [3.8, 4) is 11.1 Å². The van der Waals surface area contributed by atoms with E-state index in [0.717, 1.165) is 15.4 Å². The second-order valence-electron chi connectivity index (χ2n) is 10.7. The van der Waals surface area contributed by atoms with Crippen molar-refractivity contribution in [2.45, 2.75) is 6.42 Å². The number of benzene rings is 7. The Morgan fingerprint density at radius 1 is 0.513 bits per heavy atom. The summed E-state index contributed by atoms with van der Waals surface area (Å²) >= 11 is 8.08. The molecule has 9 rings (SSSR count). The van der Waals surface area contributed by atoms with Gasteiger partial charge in [-0.25, -0.2) is 0 Å². The maximum Gasteiger partial charge on any atom is 0.0409 e. The summed E-state index contributed by atoms with van der Waals surface area (Å²) in [5, 5.41) is 14.7. The fraction of sp³-hybridized carbons (Fsp3) is 0.0270. The van der Waals surface area contributed by atoms with Gasteiger partial charge in [0.25, 0.3) is 0 Å². The predicted octanol–water partition coefficient (Wildman–Crippen LogP) is 8.56. The number of hydrogen-bond donors (Lipinski definition) is 0. The second kappa shape index (κ2) is 7.91. The van der Waals surface area contributed by atoms with Crippen LogP contribution in [0.15, 0.2) is 112 Å². The summed E-state index contributed by atoms with van der Waals surface area (Å²) in [5.74, 6) is 0. The zero-order valence-electron chi connectivity index (χ0n) is 20.9. The average molecular weight is 624 g/mol. The van der Waals surface area contributed by atoms with Gasteiger partial charge in [0.2, 0.25) is 0 Å². The summed E-state index contributed by atoms with van der Waals surface area (Å²) in [6, 6.07) is 37.9. The van der Waals surface area contributed by atoms with Gasteiger partial charge in [0.15, 0.2) is 0 Å². The predicted molar refractivity (Wildman–Crippen MR) is 173 cm³/mol. The summed E-state index contributed by atoms with van der Waals surface area (Å²) in [6.07, 6.45) is 3.40. The molecular formula is C37H20Br2. The van der Waals surface area contributed by atoms with E-state index in [-0.39, 0.29) is 0 Å². The Labute approximate surface area is 241 Å². The van der Waals surface area contributed by atoms with Gasteiger partial charge >= 0.3 is 0 Å². The van der Waals surface area contributed by atoms with Crippen molar-refractivity contribution >= 4 is 92.2 Å². The van der Waals surface area contributed by atoms with Gasteiger partial charge in [0.1, 0.15) is 0 Å². The van der Waals surface area contributed by atoms with Crippen LogP contribution < -0.4 is 15.7 Å². The molecule has 7 aromatic rings. The zero-order valence-corrected chi connectivity index (χ0v) is 24.0. The Morgan fingerprint density at radius 2 is 1.26 bits per heavy atom. The highest BCUT2D eigenvalue weighted by atomic mass is 79.9. The van der Waals surface area contributed by atoms with Gasteiger partial charge in [-0.1, -0.05) is 103 Å². The fourth-order valence-corrected chi connectivity index (χ4v) is 8.46. The molecule has 0 aromatic heterocycles. The molecule has 0 saturated heterocycles. The molecule has 0 N–H and O–H groups in total. The lowest BCUT2D eigenvalue weighted by Gasteiger charge is -2.23. The second-order valence-corrected chi connectivity index (χ2v) is 12.2. The third-order valence-corrected chi connectivity index (χ3v) is 10.9. The van der Waals surface area contributed by atoms with E-state index in [2.05, 4.69) is 141 Å². The highest BCUT2D eigenvalue weighted by Gasteiger charge is 2.26. The van der Waals surface area contributed by atoms with Crippen LogP contribution in [0, 0.1) is 0 Å². The van der Waals surface area contributed by atoms with Crippen molar-refractivity contribution in [1.29, 1.82) is 0 Å². The molecule has 0 atom stereocenters. The van der Waals surface area contributed by atoms with Gasteiger partial charge < -0.3 is 0 Å². The SMILES string of the molecule is Brc1c(-c2ccccc2)c2cccc3c4c5c(cccc5c(c1Br)c23)CC1=c2c(ccc3ccccc23)=CC=41. The van der Waals surface area contributed by atoms with Crippen LogP contribution in [-0.4, -0.2) is 0 Å². The normalized spacial score (nSPS) is 13.9. The van der Waals surface area contributed by atoms with E-state index in [1.807, 2.05) is 0 Å². The number of hydrogen-bond acceptors (Lipinski definition) is 0. The summed E-state index contributed by atoms with van der Waals surface area (Å²) in [7, 11) is 0. The molecule has 2 heteroatoms. The average Bonchev–Trinajstić information content (AvgIpc) is 3.36. The van der Waals surface area contributed by atoms with Gasteiger partial charge in [0.05, 0.1) is 0 Å². The molecule has 0 nitrogen and oxygen atoms in total. The van der Waals surface area contributed by atoms with E-state index in [9.17, 15) is 0 Å². The topological polar surface area (TPSA) is 0 Å². The van der Waals surface area contributed by atoms with Gasteiger partial charge in [0, 0.05) is 19.9 Å². The first-order chi connectivity index (χ1) is 19.2. The minimum Gasteiger partial charge on any atom is -0.0622 e. The first kappa shape index (κ1) is 22.1. The molecule has 0 amide bonds. The van der Waals surface area contributed by atoms with Gasteiger partial charge in [-0.3, -0.25) is 0 Å². The molecule has 182 valence electrons. The Balaban J connectivity index is 1.58. The van der Waals surface area contributed by atoms with E-state index in [4.69, 9.17) is 0 Å². The fourth-order valence-electron chi connectivity index (χ4n) is 7.21. The summed E-state index contributed by atoms with van der Waals surface area (Å²) in [4.78, 5) is 0.